The van der Waals surface area contributed by atoms with Crippen molar-refractivity contribution in [1.29, 1.82) is 5.26 Å². The summed E-state index contributed by atoms with van der Waals surface area (Å²) in [5, 5.41) is 12.7. The second-order valence-corrected chi connectivity index (χ2v) is 7.68. The van der Waals surface area contributed by atoms with E-state index in [1.807, 2.05) is 6.07 Å². The van der Waals surface area contributed by atoms with Gasteiger partial charge >= 0.3 is 24.2 Å². The Bertz CT molecular complexity index is 1180. The molecule has 0 aromatic heterocycles. The number of rotatable bonds is 7. The zero-order valence-corrected chi connectivity index (χ0v) is 18.5. The van der Waals surface area contributed by atoms with E-state index in [2.05, 4.69) is 5.32 Å². The molecule has 37 heavy (non-hydrogen) atoms. The van der Waals surface area contributed by atoms with Gasteiger partial charge in [-0.25, -0.2) is 8.78 Å². The summed E-state index contributed by atoms with van der Waals surface area (Å²) in [6, 6.07) is 4.20. The molecule has 202 valence electrons. The molecule has 0 heterocycles. The monoisotopic (exact) mass is 547 g/mol. The number of anilines is 2. The maximum atomic E-state index is 14.7. The molecular weight excluding hydrogens is 531 g/mol. The van der Waals surface area contributed by atoms with Gasteiger partial charge in [-0.2, -0.15) is 44.8 Å². The summed E-state index contributed by atoms with van der Waals surface area (Å²) in [5.41, 5.74) is -14.1. The third kappa shape index (κ3) is 6.05. The summed E-state index contributed by atoms with van der Waals surface area (Å²) in [6.07, 6.45) is -18.6. The fraction of sp³-hybridized carbons (Fsp3) is 0.364. The molecule has 2 aromatic rings. The quantitative estimate of drug-likeness (QED) is 0.280. The molecule has 0 aliphatic heterocycles. The summed E-state index contributed by atoms with van der Waals surface area (Å²) in [6.45, 7) is 0.711. The van der Waals surface area contributed by atoms with Crippen molar-refractivity contribution >= 4 is 17.3 Å². The van der Waals surface area contributed by atoms with Gasteiger partial charge in [0, 0.05) is 18.5 Å². The molecule has 0 radical (unpaired) electrons. The lowest BCUT2D eigenvalue weighted by Crippen LogP contribution is -2.50. The summed E-state index contributed by atoms with van der Waals surface area (Å²) < 4.78 is 149. The summed E-state index contributed by atoms with van der Waals surface area (Å²) in [7, 11) is 0. The van der Waals surface area contributed by atoms with Crippen molar-refractivity contribution in [2.45, 2.75) is 44.0 Å². The van der Waals surface area contributed by atoms with Crippen LogP contribution in [0.1, 0.15) is 39.9 Å². The van der Waals surface area contributed by atoms with Crippen LogP contribution in [0.3, 0.4) is 0 Å². The first-order chi connectivity index (χ1) is 16.9. The van der Waals surface area contributed by atoms with E-state index in [1.165, 1.54) is 6.07 Å². The van der Waals surface area contributed by atoms with Crippen LogP contribution in [0.4, 0.5) is 59.7 Å². The van der Waals surface area contributed by atoms with Crippen molar-refractivity contribution in [1.82, 2.24) is 0 Å². The lowest BCUT2D eigenvalue weighted by Gasteiger charge is -2.31. The highest BCUT2D eigenvalue weighted by Gasteiger charge is 2.73. The maximum absolute atomic E-state index is 14.7. The largest absolute Gasteiger partial charge is 0.435 e. The number of hydrogen-bond acceptors (Lipinski definition) is 3. The molecule has 2 aromatic carbocycles. The Morgan fingerprint density at radius 3 is 2.08 bits per heavy atom. The number of carbonyl (C=O) groups is 1. The predicted molar refractivity (Wildman–Crippen MR) is 109 cm³/mol. The minimum Gasteiger partial charge on any atom is -0.383 e. The number of amides is 1. The number of nitrogens with zero attached hydrogens (tertiary/aromatic N) is 1. The van der Waals surface area contributed by atoms with Crippen molar-refractivity contribution in [2.24, 2.45) is 0 Å². The van der Waals surface area contributed by atoms with E-state index in [9.17, 15) is 53.1 Å². The third-order valence-electron chi connectivity index (χ3n) is 5.08. The number of halogens is 11. The van der Waals surface area contributed by atoms with Gasteiger partial charge in [-0.15, -0.1) is 0 Å². The van der Waals surface area contributed by atoms with Crippen molar-refractivity contribution < 1.29 is 53.1 Å². The smallest absolute Gasteiger partial charge is 0.383 e. The zero-order valence-electron chi connectivity index (χ0n) is 18.5. The molecule has 0 aliphatic carbocycles. The SMILES string of the molecule is Cc1cc(C(F)(C(F)(F)F)C(F)(F)F)cc(C(F)(F)F)c1NC(=O)c1cccc(NCCCC#N)c1F. The van der Waals surface area contributed by atoms with Gasteiger partial charge in [-0.1, -0.05) is 12.1 Å². The molecule has 0 unspecified atom stereocenters. The highest BCUT2D eigenvalue weighted by Crippen LogP contribution is 2.54. The van der Waals surface area contributed by atoms with Gasteiger partial charge in [0.05, 0.1) is 28.6 Å². The van der Waals surface area contributed by atoms with Crippen molar-refractivity contribution in [2.75, 3.05) is 17.2 Å². The van der Waals surface area contributed by atoms with Gasteiger partial charge in [0.1, 0.15) is 0 Å². The van der Waals surface area contributed by atoms with Crippen LogP contribution in [-0.4, -0.2) is 24.8 Å². The first kappa shape index (κ1) is 29.7. The van der Waals surface area contributed by atoms with E-state index >= 15 is 0 Å². The number of carbonyl (C=O) groups excluding carboxylic acids is 1. The van der Waals surface area contributed by atoms with Crippen LogP contribution in [0.5, 0.6) is 0 Å². The zero-order chi connectivity index (χ0) is 28.4. The van der Waals surface area contributed by atoms with Gasteiger partial charge in [0.25, 0.3) is 5.91 Å². The molecule has 0 spiro atoms. The van der Waals surface area contributed by atoms with Crippen molar-refractivity contribution in [3.63, 3.8) is 0 Å². The lowest BCUT2D eigenvalue weighted by atomic mass is 9.90. The van der Waals surface area contributed by atoms with Crippen LogP contribution in [0.25, 0.3) is 0 Å². The van der Waals surface area contributed by atoms with Gasteiger partial charge in [-0.05, 0) is 37.1 Å². The van der Waals surface area contributed by atoms with E-state index in [-0.39, 0.29) is 24.7 Å². The van der Waals surface area contributed by atoms with Crippen LogP contribution in [0, 0.1) is 24.1 Å². The van der Waals surface area contributed by atoms with Crippen LogP contribution < -0.4 is 10.6 Å². The second-order valence-electron chi connectivity index (χ2n) is 7.68. The van der Waals surface area contributed by atoms with Crippen LogP contribution >= 0.6 is 0 Å². The average Bonchev–Trinajstić information content (AvgIpc) is 2.75. The van der Waals surface area contributed by atoms with E-state index in [0.717, 1.165) is 12.1 Å². The number of hydrogen-bond donors (Lipinski definition) is 2. The van der Waals surface area contributed by atoms with E-state index in [0.29, 0.717) is 13.3 Å². The normalized spacial score (nSPS) is 12.7. The molecule has 0 atom stereocenters. The van der Waals surface area contributed by atoms with Gasteiger partial charge in [-0.3, -0.25) is 4.79 Å². The summed E-state index contributed by atoms with van der Waals surface area (Å²) in [5.74, 6) is -2.74. The Labute approximate surface area is 202 Å². The number of nitriles is 1. The standard InChI is InChI=1S/C22H16F11N3O/c1-11-9-12(19(24,21(28,29)30)22(31,32)33)10-14(20(25,26)27)17(11)36-18(37)13-5-4-6-15(16(13)23)35-8-3-2-7-34/h4-6,9-10,35H,2-3,8H2,1H3,(H,36,37). The number of unbranched alkanes of at least 4 members (excludes halogenated alkanes) is 1. The van der Waals surface area contributed by atoms with Crippen LogP contribution in [0.15, 0.2) is 30.3 Å². The lowest BCUT2D eigenvalue weighted by molar-refractivity contribution is -0.348. The third-order valence-corrected chi connectivity index (χ3v) is 5.08. The van der Waals surface area contributed by atoms with Crippen molar-refractivity contribution in [3.05, 3.63) is 58.4 Å². The number of benzene rings is 2. The molecule has 0 fully saturated rings. The van der Waals surface area contributed by atoms with Gasteiger partial charge < -0.3 is 10.6 Å². The van der Waals surface area contributed by atoms with Crippen LogP contribution in [-0.2, 0) is 11.8 Å². The van der Waals surface area contributed by atoms with E-state index in [4.69, 9.17) is 5.26 Å². The molecule has 2 rings (SSSR count). The highest BCUT2D eigenvalue weighted by atomic mass is 19.4. The first-order valence-corrected chi connectivity index (χ1v) is 10.1. The first-order valence-electron chi connectivity index (χ1n) is 10.1. The number of nitrogens with one attached hydrogen (secondary N) is 2. The number of alkyl halides is 10. The molecular formula is C22H16F11N3O. The summed E-state index contributed by atoms with van der Waals surface area (Å²) in [4.78, 5) is 12.6. The highest BCUT2D eigenvalue weighted by molar-refractivity contribution is 6.06. The molecule has 0 saturated heterocycles. The topological polar surface area (TPSA) is 64.9 Å². The average molecular weight is 547 g/mol. The predicted octanol–water partition coefficient (Wildman–Crippen LogP) is 7.41. The van der Waals surface area contributed by atoms with Gasteiger partial charge in [0.15, 0.2) is 5.82 Å². The molecule has 0 saturated carbocycles. The molecule has 4 nitrogen and oxygen atoms in total. The van der Waals surface area contributed by atoms with E-state index in [1.54, 1.807) is 5.32 Å². The Kier molecular flexibility index (Phi) is 8.36. The van der Waals surface area contributed by atoms with Crippen LogP contribution in [0.2, 0.25) is 0 Å². The van der Waals surface area contributed by atoms with Gasteiger partial charge in [0.2, 0.25) is 0 Å². The molecule has 0 aliphatic rings. The van der Waals surface area contributed by atoms with E-state index < -0.39 is 69.9 Å². The maximum Gasteiger partial charge on any atom is 0.435 e. The molecule has 2 N–H and O–H groups in total. The molecule has 1 amide bonds. The minimum atomic E-state index is -6.67. The minimum absolute atomic E-state index is 0.0950. The van der Waals surface area contributed by atoms with Crippen molar-refractivity contribution in [3.8, 4) is 6.07 Å². The number of aryl methyl sites for hydroxylation is 1. The Morgan fingerprint density at radius 1 is 0.973 bits per heavy atom. The Morgan fingerprint density at radius 2 is 1.57 bits per heavy atom. The Hall–Kier alpha value is -3.57. The summed E-state index contributed by atoms with van der Waals surface area (Å²) >= 11 is 0. The fourth-order valence-electron chi connectivity index (χ4n) is 3.28. The second kappa shape index (κ2) is 10.4. The fourth-order valence-corrected chi connectivity index (χ4v) is 3.28. The molecule has 15 heteroatoms. The molecule has 0 bridgehead atoms. The Balaban J connectivity index is 2.57.